The van der Waals surface area contributed by atoms with Crippen LogP contribution in [0.15, 0.2) is 46.9 Å². The van der Waals surface area contributed by atoms with E-state index in [4.69, 9.17) is 5.73 Å². The van der Waals surface area contributed by atoms with Gasteiger partial charge in [-0.1, -0.05) is 40.2 Å². The average molecular weight is 312 g/mol. The molecule has 0 aliphatic carbocycles. The Labute approximate surface area is 113 Å². The second-order valence-electron chi connectivity index (χ2n) is 4.08. The molecule has 0 fully saturated rings. The number of rotatable bonds is 3. The van der Waals surface area contributed by atoms with Crippen LogP contribution in [-0.2, 0) is 6.42 Å². The van der Waals surface area contributed by atoms with Crippen LogP contribution in [0.1, 0.15) is 17.2 Å². The molecule has 0 radical (unpaired) electrons. The summed E-state index contributed by atoms with van der Waals surface area (Å²) in [6.07, 6.45) is 0.264. The van der Waals surface area contributed by atoms with Gasteiger partial charge >= 0.3 is 0 Å². The topological polar surface area (TPSA) is 26.0 Å². The van der Waals surface area contributed by atoms with E-state index in [-0.39, 0.29) is 12.5 Å². The minimum absolute atomic E-state index is 0.264. The summed E-state index contributed by atoms with van der Waals surface area (Å²) in [5, 5.41) is 0. The molecule has 94 valence electrons. The molecule has 0 amide bonds. The van der Waals surface area contributed by atoms with Crippen molar-refractivity contribution in [3.05, 3.63) is 69.7 Å². The van der Waals surface area contributed by atoms with Gasteiger partial charge in [0.15, 0.2) is 11.6 Å². The largest absolute Gasteiger partial charge is 0.324 e. The fraction of sp³-hybridized carbons (Fsp3) is 0.143. The first kappa shape index (κ1) is 13.2. The Balaban J connectivity index is 2.21. The lowest BCUT2D eigenvalue weighted by Gasteiger charge is -2.13. The third-order valence-corrected chi connectivity index (χ3v) is 3.24. The molecule has 2 aromatic carbocycles. The molecule has 2 aromatic rings. The molecule has 0 spiro atoms. The number of hydrogen-bond acceptors (Lipinski definition) is 1. The lowest BCUT2D eigenvalue weighted by Crippen LogP contribution is -2.14. The fourth-order valence-corrected chi connectivity index (χ4v) is 2.22. The third-order valence-electron chi connectivity index (χ3n) is 2.75. The molecule has 0 aliphatic rings. The van der Waals surface area contributed by atoms with Gasteiger partial charge in [-0.3, -0.25) is 0 Å². The number of benzene rings is 2. The molecule has 0 saturated carbocycles. The van der Waals surface area contributed by atoms with Gasteiger partial charge in [0.2, 0.25) is 0 Å². The second kappa shape index (κ2) is 5.59. The first-order chi connectivity index (χ1) is 8.58. The van der Waals surface area contributed by atoms with Gasteiger partial charge in [0.1, 0.15) is 0 Å². The van der Waals surface area contributed by atoms with E-state index in [1.165, 1.54) is 6.07 Å². The zero-order valence-electron chi connectivity index (χ0n) is 9.54. The Morgan fingerprint density at radius 2 is 1.83 bits per heavy atom. The van der Waals surface area contributed by atoms with Crippen LogP contribution in [0.2, 0.25) is 0 Å². The van der Waals surface area contributed by atoms with E-state index in [9.17, 15) is 8.78 Å². The maximum Gasteiger partial charge on any atom is 0.162 e. The molecule has 4 heteroatoms. The standard InChI is InChI=1S/C14H12BrF2N/c15-11-5-1-3-9(7-11)13(18)8-10-4-2-6-12(16)14(10)17/h1-7,13H,8,18H2. The van der Waals surface area contributed by atoms with Crippen LogP contribution in [0, 0.1) is 11.6 Å². The van der Waals surface area contributed by atoms with Gasteiger partial charge in [-0.25, -0.2) is 8.78 Å². The summed E-state index contributed by atoms with van der Waals surface area (Å²) >= 11 is 3.35. The van der Waals surface area contributed by atoms with Crippen molar-refractivity contribution in [1.29, 1.82) is 0 Å². The molecule has 0 saturated heterocycles. The summed E-state index contributed by atoms with van der Waals surface area (Å²) in [4.78, 5) is 0. The highest BCUT2D eigenvalue weighted by Gasteiger charge is 2.13. The molecule has 0 aromatic heterocycles. The first-order valence-electron chi connectivity index (χ1n) is 5.52. The lowest BCUT2D eigenvalue weighted by atomic mass is 9.99. The molecule has 2 rings (SSSR count). The van der Waals surface area contributed by atoms with Gasteiger partial charge < -0.3 is 5.73 Å². The molecule has 0 bridgehead atoms. The smallest absolute Gasteiger partial charge is 0.162 e. The summed E-state index contributed by atoms with van der Waals surface area (Å²) in [6, 6.07) is 11.3. The van der Waals surface area contributed by atoms with Gasteiger partial charge in [-0.2, -0.15) is 0 Å². The van der Waals surface area contributed by atoms with Crippen molar-refractivity contribution in [2.24, 2.45) is 5.73 Å². The maximum absolute atomic E-state index is 13.5. The highest BCUT2D eigenvalue weighted by atomic mass is 79.9. The van der Waals surface area contributed by atoms with E-state index < -0.39 is 11.6 Å². The van der Waals surface area contributed by atoms with E-state index in [2.05, 4.69) is 15.9 Å². The highest BCUT2D eigenvalue weighted by molar-refractivity contribution is 9.10. The predicted octanol–water partition coefficient (Wildman–Crippen LogP) is 3.97. The van der Waals surface area contributed by atoms with E-state index in [1.54, 1.807) is 6.07 Å². The van der Waals surface area contributed by atoms with Crippen LogP contribution in [0.5, 0.6) is 0 Å². The van der Waals surface area contributed by atoms with Crippen molar-refractivity contribution < 1.29 is 8.78 Å². The summed E-state index contributed by atoms with van der Waals surface area (Å²) < 4.78 is 27.5. The van der Waals surface area contributed by atoms with Gasteiger partial charge in [0, 0.05) is 10.5 Å². The minimum Gasteiger partial charge on any atom is -0.324 e. The summed E-state index contributed by atoms with van der Waals surface area (Å²) in [5.41, 5.74) is 7.18. The number of nitrogens with two attached hydrogens (primary N) is 1. The quantitative estimate of drug-likeness (QED) is 0.912. The van der Waals surface area contributed by atoms with Crippen LogP contribution in [0.25, 0.3) is 0 Å². The van der Waals surface area contributed by atoms with Crippen molar-refractivity contribution in [3.63, 3.8) is 0 Å². The van der Waals surface area contributed by atoms with Crippen molar-refractivity contribution in [3.8, 4) is 0 Å². The minimum atomic E-state index is -0.839. The van der Waals surface area contributed by atoms with Gasteiger partial charge in [-0.15, -0.1) is 0 Å². The second-order valence-corrected chi connectivity index (χ2v) is 4.99. The van der Waals surface area contributed by atoms with E-state index >= 15 is 0 Å². The normalized spacial score (nSPS) is 12.4. The lowest BCUT2D eigenvalue weighted by molar-refractivity contribution is 0.494. The van der Waals surface area contributed by atoms with Gasteiger partial charge in [0.05, 0.1) is 0 Å². The van der Waals surface area contributed by atoms with Crippen LogP contribution >= 0.6 is 15.9 Å². The maximum atomic E-state index is 13.5. The summed E-state index contributed by atoms with van der Waals surface area (Å²) in [6.45, 7) is 0. The van der Waals surface area contributed by atoms with Crippen LogP contribution < -0.4 is 5.73 Å². The molecule has 0 heterocycles. The fourth-order valence-electron chi connectivity index (χ4n) is 1.80. The zero-order chi connectivity index (χ0) is 13.1. The number of hydrogen-bond donors (Lipinski definition) is 1. The molecular formula is C14H12BrF2N. The highest BCUT2D eigenvalue weighted by Crippen LogP contribution is 2.22. The molecule has 1 nitrogen and oxygen atoms in total. The van der Waals surface area contributed by atoms with Crippen molar-refractivity contribution in [2.45, 2.75) is 12.5 Å². The van der Waals surface area contributed by atoms with Crippen LogP contribution in [0.3, 0.4) is 0 Å². The van der Waals surface area contributed by atoms with Crippen molar-refractivity contribution >= 4 is 15.9 Å². The van der Waals surface area contributed by atoms with E-state index in [1.807, 2.05) is 24.3 Å². The first-order valence-corrected chi connectivity index (χ1v) is 6.31. The molecular weight excluding hydrogens is 300 g/mol. The Morgan fingerprint density at radius 1 is 1.11 bits per heavy atom. The Hall–Kier alpha value is -1.26. The average Bonchev–Trinajstić information content (AvgIpc) is 2.35. The summed E-state index contributed by atoms with van der Waals surface area (Å²) in [7, 11) is 0. The van der Waals surface area contributed by atoms with E-state index in [0.717, 1.165) is 16.1 Å². The molecule has 18 heavy (non-hydrogen) atoms. The molecule has 1 atom stereocenters. The number of halogens is 3. The predicted molar refractivity (Wildman–Crippen MR) is 71.1 cm³/mol. The van der Waals surface area contributed by atoms with Crippen LogP contribution in [-0.4, -0.2) is 0 Å². The Morgan fingerprint density at radius 3 is 2.56 bits per heavy atom. The van der Waals surface area contributed by atoms with Crippen molar-refractivity contribution in [2.75, 3.05) is 0 Å². The SMILES string of the molecule is NC(Cc1cccc(F)c1F)c1cccc(Br)c1. The monoisotopic (exact) mass is 311 g/mol. The summed E-state index contributed by atoms with van der Waals surface area (Å²) in [5.74, 6) is -1.66. The van der Waals surface area contributed by atoms with Crippen LogP contribution in [0.4, 0.5) is 8.78 Å². The third kappa shape index (κ3) is 2.94. The molecule has 2 N–H and O–H groups in total. The van der Waals surface area contributed by atoms with Crippen molar-refractivity contribution in [1.82, 2.24) is 0 Å². The Bertz CT molecular complexity index is 557. The Kier molecular flexibility index (Phi) is 4.09. The molecule has 1 unspecified atom stereocenters. The molecule has 0 aliphatic heterocycles. The van der Waals surface area contributed by atoms with Gasteiger partial charge in [-0.05, 0) is 35.7 Å². The van der Waals surface area contributed by atoms with E-state index in [0.29, 0.717) is 5.56 Å². The zero-order valence-corrected chi connectivity index (χ0v) is 11.1. The van der Waals surface area contributed by atoms with Gasteiger partial charge in [0.25, 0.3) is 0 Å².